The number of hydrogen-bond donors (Lipinski definition) is 5. The number of rotatable bonds is 14. The molecule has 5 N–H and O–H groups in total. The van der Waals surface area contributed by atoms with Crippen molar-refractivity contribution < 1.29 is 34.0 Å². The van der Waals surface area contributed by atoms with E-state index in [1.807, 2.05) is 0 Å². The van der Waals surface area contributed by atoms with E-state index in [0.717, 1.165) is 19.3 Å². The first-order chi connectivity index (χ1) is 11.3. The van der Waals surface area contributed by atoms with Crippen LogP contribution in [0.5, 0.6) is 0 Å². The average molecular weight is 353 g/mol. The molecule has 0 aromatic carbocycles. The van der Waals surface area contributed by atoms with E-state index in [2.05, 4.69) is 5.32 Å². The van der Waals surface area contributed by atoms with Crippen molar-refractivity contribution in [2.75, 3.05) is 13.7 Å². The number of aliphatic hydroxyl groups excluding tert-OH is 3. The van der Waals surface area contributed by atoms with Crippen LogP contribution in [0.4, 0.5) is 8.78 Å². The minimum absolute atomic E-state index is 0.0449. The van der Waals surface area contributed by atoms with Gasteiger partial charge < -0.3 is 25.7 Å². The van der Waals surface area contributed by atoms with E-state index in [1.165, 1.54) is 7.05 Å². The van der Waals surface area contributed by atoms with Gasteiger partial charge >= 0.3 is 5.97 Å². The molecule has 0 aliphatic rings. The number of halogens is 2. The van der Waals surface area contributed by atoms with E-state index in [-0.39, 0.29) is 12.8 Å². The van der Waals surface area contributed by atoms with Crippen LogP contribution in [0, 0.1) is 0 Å². The molecule has 0 bridgehead atoms. The van der Waals surface area contributed by atoms with Crippen LogP contribution < -0.4 is 5.32 Å². The van der Waals surface area contributed by atoms with Gasteiger partial charge in [0.05, 0.1) is 12.7 Å². The molecule has 0 saturated carbocycles. The molecule has 3 unspecified atom stereocenters. The number of carbonyl (C=O) groups is 1. The highest BCUT2D eigenvalue weighted by Gasteiger charge is 2.46. The normalized spacial score (nSPS) is 17.1. The molecule has 24 heavy (non-hydrogen) atoms. The molecule has 0 rings (SSSR count). The number of aliphatic carboxylic acids is 1. The predicted octanol–water partition coefficient (Wildman–Crippen LogP) is 1.30. The van der Waals surface area contributed by atoms with Crippen LogP contribution >= 0.6 is 0 Å². The molecule has 0 fully saturated rings. The smallest absolute Gasteiger partial charge is 0.329 e. The molecule has 0 saturated heterocycles. The van der Waals surface area contributed by atoms with Gasteiger partial charge in [0.15, 0.2) is 5.54 Å². The van der Waals surface area contributed by atoms with Gasteiger partial charge in [-0.2, -0.15) is 0 Å². The fourth-order valence-corrected chi connectivity index (χ4v) is 2.35. The Morgan fingerprint density at radius 2 is 1.79 bits per heavy atom. The second-order valence-electron chi connectivity index (χ2n) is 5.79. The van der Waals surface area contributed by atoms with E-state index < -0.39 is 36.7 Å². The lowest BCUT2D eigenvalue weighted by Gasteiger charge is -2.34. The number of aliphatic hydroxyl groups is 3. The van der Waals surface area contributed by atoms with Gasteiger partial charge in [0, 0.05) is 6.42 Å². The van der Waals surface area contributed by atoms with Gasteiger partial charge in [-0.3, -0.25) is 4.79 Å². The van der Waals surface area contributed by atoms with E-state index in [1.54, 1.807) is 12.2 Å². The van der Waals surface area contributed by atoms with Crippen molar-refractivity contribution in [1.29, 1.82) is 0 Å². The predicted molar refractivity (Wildman–Crippen MR) is 86.0 cm³/mol. The van der Waals surface area contributed by atoms with Gasteiger partial charge in [-0.1, -0.05) is 25.0 Å². The molecule has 0 spiro atoms. The highest BCUT2D eigenvalue weighted by Crippen LogP contribution is 2.17. The third kappa shape index (κ3) is 7.65. The van der Waals surface area contributed by atoms with Gasteiger partial charge in [-0.15, -0.1) is 0 Å². The number of allylic oxidation sites excluding steroid dienone is 1. The molecule has 3 atom stereocenters. The largest absolute Gasteiger partial charge is 0.480 e. The first-order valence-electron chi connectivity index (χ1n) is 8.14. The van der Waals surface area contributed by atoms with Gasteiger partial charge in [0.25, 0.3) is 0 Å². The second kappa shape index (κ2) is 12.3. The minimum atomic E-state index is -2.24. The number of unbranched alkanes of at least 4 members (excludes halogenated alkanes) is 4. The van der Waals surface area contributed by atoms with Crippen LogP contribution in [-0.2, 0) is 4.79 Å². The zero-order valence-corrected chi connectivity index (χ0v) is 14.0. The topological polar surface area (TPSA) is 110 Å². The van der Waals surface area contributed by atoms with E-state index in [4.69, 9.17) is 5.11 Å². The maximum absolute atomic E-state index is 11.9. The van der Waals surface area contributed by atoms with E-state index in [9.17, 15) is 28.9 Å². The highest BCUT2D eigenvalue weighted by molar-refractivity contribution is 5.80. The lowest BCUT2D eigenvalue weighted by atomic mass is 9.88. The third-order valence-corrected chi connectivity index (χ3v) is 4.03. The zero-order valence-electron chi connectivity index (χ0n) is 14.0. The molecule has 0 radical (unpaired) electrons. The van der Waals surface area contributed by atoms with Crippen molar-refractivity contribution in [1.82, 2.24) is 5.32 Å². The monoisotopic (exact) mass is 353 g/mol. The van der Waals surface area contributed by atoms with Crippen molar-refractivity contribution in [3.05, 3.63) is 12.2 Å². The van der Waals surface area contributed by atoms with E-state index >= 15 is 0 Å². The van der Waals surface area contributed by atoms with Crippen LogP contribution in [0.1, 0.15) is 44.9 Å². The Bertz CT molecular complexity index is 375. The van der Waals surface area contributed by atoms with Crippen molar-refractivity contribution >= 4 is 5.97 Å². The van der Waals surface area contributed by atoms with Crippen LogP contribution in [0.2, 0.25) is 0 Å². The average Bonchev–Trinajstić information content (AvgIpc) is 2.53. The summed E-state index contributed by atoms with van der Waals surface area (Å²) in [5, 5.41) is 40.6. The first-order valence-corrected chi connectivity index (χ1v) is 8.14. The summed E-state index contributed by atoms with van der Waals surface area (Å²) in [6.07, 6.45) is 1.79. The Morgan fingerprint density at radius 1 is 1.17 bits per heavy atom. The maximum Gasteiger partial charge on any atom is 0.329 e. The van der Waals surface area contributed by atoms with Crippen LogP contribution in [0.25, 0.3) is 0 Å². The Balaban J connectivity index is 4.10. The Hall–Kier alpha value is -1.09. The van der Waals surface area contributed by atoms with Crippen LogP contribution in [-0.4, -0.2) is 64.2 Å². The summed E-state index contributed by atoms with van der Waals surface area (Å²) in [4.78, 5) is 11.2. The zero-order chi connectivity index (χ0) is 18.6. The Labute approximate surface area is 141 Å². The van der Waals surface area contributed by atoms with Crippen molar-refractivity contribution in [2.24, 2.45) is 0 Å². The number of nitrogens with one attached hydrogen (secondary N) is 1. The lowest BCUT2D eigenvalue weighted by molar-refractivity contribution is -0.158. The number of hydrogen-bond acceptors (Lipinski definition) is 5. The summed E-state index contributed by atoms with van der Waals surface area (Å²) in [7, 11) is 1.28. The minimum Gasteiger partial charge on any atom is -0.480 e. The van der Waals surface area contributed by atoms with Crippen LogP contribution in [0.3, 0.4) is 0 Å². The molecular weight excluding hydrogens is 324 g/mol. The summed E-state index contributed by atoms with van der Waals surface area (Å²) in [6, 6.07) is 0. The van der Waals surface area contributed by atoms with Crippen LogP contribution in [0.15, 0.2) is 12.2 Å². The fourth-order valence-electron chi connectivity index (χ4n) is 2.35. The van der Waals surface area contributed by atoms with Crippen molar-refractivity contribution in [2.45, 2.75) is 69.1 Å². The van der Waals surface area contributed by atoms with Gasteiger partial charge in [-0.25, -0.2) is 8.78 Å². The van der Waals surface area contributed by atoms with E-state index in [0.29, 0.717) is 12.8 Å². The molecule has 0 aromatic rings. The van der Waals surface area contributed by atoms with Gasteiger partial charge in [-0.05, 0) is 32.7 Å². The number of carboxylic acids is 1. The first kappa shape index (κ1) is 22.9. The summed E-state index contributed by atoms with van der Waals surface area (Å²) >= 11 is 0. The number of alkyl halides is 2. The standard InChI is InChI=1S/C16H29F2NO5/c1-19-16(11-20,15(23)24)14(22)12(21)9-7-5-3-2-4-6-8-10-13(17)18/h5,7,12-14,19-22H,2-4,6,8-11H2,1H3,(H,23,24)/b7-5+. The molecular formula is C16H29F2NO5. The molecule has 0 amide bonds. The number of carboxylic acid groups (broad SMARTS) is 1. The quantitative estimate of drug-likeness (QED) is 0.238. The molecule has 0 heterocycles. The van der Waals surface area contributed by atoms with Gasteiger partial charge in [0.1, 0.15) is 6.10 Å². The molecule has 0 aliphatic carbocycles. The highest BCUT2D eigenvalue weighted by atomic mass is 19.3. The summed E-state index contributed by atoms with van der Waals surface area (Å²) in [5.74, 6) is -1.45. The maximum atomic E-state index is 11.9. The molecule has 6 nitrogen and oxygen atoms in total. The fraction of sp³-hybridized carbons (Fsp3) is 0.812. The van der Waals surface area contributed by atoms with Crippen molar-refractivity contribution in [3.8, 4) is 0 Å². The molecule has 0 aliphatic heterocycles. The number of likely N-dealkylation sites (N-methyl/N-ethyl adjacent to an activating group) is 1. The van der Waals surface area contributed by atoms with Crippen molar-refractivity contribution in [3.63, 3.8) is 0 Å². The molecule has 8 heteroatoms. The summed E-state index contributed by atoms with van der Waals surface area (Å²) in [6.45, 7) is -0.862. The van der Waals surface area contributed by atoms with Gasteiger partial charge in [0.2, 0.25) is 6.43 Å². The Morgan fingerprint density at radius 3 is 2.29 bits per heavy atom. The summed E-state index contributed by atoms with van der Waals surface area (Å²) < 4.78 is 23.8. The summed E-state index contributed by atoms with van der Waals surface area (Å²) in [5.41, 5.74) is -2.02. The molecule has 142 valence electrons. The SMILES string of the molecule is CNC(CO)(C(=O)O)C(O)C(O)C/C=C/CCCCCCC(F)F. The molecule has 0 aromatic heterocycles. The lowest BCUT2D eigenvalue weighted by Crippen LogP contribution is -2.65. The third-order valence-electron chi connectivity index (χ3n) is 4.03. The second-order valence-corrected chi connectivity index (χ2v) is 5.79. The Kier molecular flexibility index (Phi) is 11.7.